The van der Waals surface area contributed by atoms with Crippen LogP contribution in [0.15, 0.2) is 17.1 Å². The molecule has 0 radical (unpaired) electrons. The van der Waals surface area contributed by atoms with Gasteiger partial charge < -0.3 is 29.2 Å². The molecule has 0 spiro atoms. The zero-order valence-corrected chi connectivity index (χ0v) is 19.3. The molecule has 0 unspecified atom stereocenters. The van der Waals surface area contributed by atoms with E-state index in [1.165, 1.54) is 5.56 Å². The maximum absolute atomic E-state index is 5.85. The topological polar surface area (TPSA) is 64.6 Å². The molecule has 7 nitrogen and oxygen atoms in total. The van der Waals surface area contributed by atoms with E-state index in [-0.39, 0.29) is 0 Å². The van der Waals surface area contributed by atoms with E-state index >= 15 is 0 Å². The van der Waals surface area contributed by atoms with Gasteiger partial charge in [-0.2, -0.15) is 0 Å². The Labute approximate surface area is 181 Å². The summed E-state index contributed by atoms with van der Waals surface area (Å²) in [5.74, 6) is 3.05. The molecule has 1 aromatic carbocycles. The van der Waals surface area contributed by atoms with E-state index < -0.39 is 0 Å². The smallest absolute Gasteiger partial charge is 0.193 e. The summed E-state index contributed by atoms with van der Waals surface area (Å²) >= 11 is 0. The number of methoxy groups -OCH3 is 2. The van der Waals surface area contributed by atoms with Crippen molar-refractivity contribution in [3.05, 3.63) is 23.3 Å². The normalized spacial score (nSPS) is 15.2. The van der Waals surface area contributed by atoms with E-state index in [1.54, 1.807) is 14.2 Å². The Morgan fingerprint density at radius 3 is 2.57 bits per heavy atom. The molecule has 7 heteroatoms. The summed E-state index contributed by atoms with van der Waals surface area (Å²) in [7, 11) is 5.38. The largest absolute Gasteiger partial charge is 0.493 e. The molecule has 1 N–H and O–H groups in total. The Hall–Kier alpha value is -1.99. The number of ether oxygens (including phenoxy) is 4. The van der Waals surface area contributed by atoms with Crippen LogP contribution in [0.25, 0.3) is 0 Å². The fraction of sp³-hybridized carbons (Fsp3) is 0.696. The highest BCUT2D eigenvalue weighted by Gasteiger charge is 2.14. The summed E-state index contributed by atoms with van der Waals surface area (Å²) in [6.45, 7) is 9.81. The van der Waals surface area contributed by atoms with Crippen molar-refractivity contribution in [3.63, 3.8) is 0 Å². The number of guanidine groups is 1. The summed E-state index contributed by atoms with van der Waals surface area (Å²) in [6.07, 6.45) is 3.15. The average molecular weight is 422 g/mol. The fourth-order valence-electron chi connectivity index (χ4n) is 3.51. The van der Waals surface area contributed by atoms with Gasteiger partial charge in [0, 0.05) is 53.1 Å². The van der Waals surface area contributed by atoms with Crippen LogP contribution in [0.2, 0.25) is 0 Å². The number of nitrogens with one attached hydrogen (secondary N) is 1. The molecule has 1 saturated heterocycles. The zero-order valence-electron chi connectivity index (χ0n) is 19.3. The molecule has 1 heterocycles. The van der Waals surface area contributed by atoms with Gasteiger partial charge in [0.15, 0.2) is 17.5 Å². The third kappa shape index (κ3) is 7.69. The van der Waals surface area contributed by atoms with Gasteiger partial charge in [-0.15, -0.1) is 0 Å². The maximum Gasteiger partial charge on any atom is 0.193 e. The fourth-order valence-corrected chi connectivity index (χ4v) is 3.51. The lowest BCUT2D eigenvalue weighted by atomic mass is 10.0. The van der Waals surface area contributed by atoms with Gasteiger partial charge >= 0.3 is 0 Å². The molecule has 1 fully saturated rings. The highest BCUT2D eigenvalue weighted by atomic mass is 16.5. The molecular weight excluding hydrogens is 382 g/mol. The van der Waals surface area contributed by atoms with Gasteiger partial charge in [0.25, 0.3) is 0 Å². The lowest BCUT2D eigenvalue weighted by Crippen LogP contribution is -2.38. The monoisotopic (exact) mass is 421 g/mol. The minimum Gasteiger partial charge on any atom is -0.493 e. The molecule has 0 aromatic heterocycles. The second-order valence-corrected chi connectivity index (χ2v) is 7.71. The molecular formula is C23H39N3O4. The minimum absolute atomic E-state index is 0.649. The summed E-state index contributed by atoms with van der Waals surface area (Å²) in [4.78, 5) is 6.91. The van der Waals surface area contributed by atoms with E-state index in [9.17, 15) is 0 Å². The van der Waals surface area contributed by atoms with Gasteiger partial charge in [0.05, 0.1) is 14.2 Å². The Morgan fingerprint density at radius 2 is 1.90 bits per heavy atom. The number of aliphatic imine (C=N–C) groups is 1. The van der Waals surface area contributed by atoms with Gasteiger partial charge in [-0.3, -0.25) is 4.99 Å². The van der Waals surface area contributed by atoms with Crippen LogP contribution in [0.5, 0.6) is 11.5 Å². The van der Waals surface area contributed by atoms with Gasteiger partial charge in [-0.1, -0.05) is 0 Å². The minimum atomic E-state index is 0.649. The van der Waals surface area contributed by atoms with E-state index in [0.717, 1.165) is 88.3 Å². The zero-order chi connectivity index (χ0) is 21.8. The molecule has 0 amide bonds. The number of rotatable bonds is 11. The Morgan fingerprint density at radius 1 is 1.20 bits per heavy atom. The molecule has 1 aliphatic heterocycles. The predicted molar refractivity (Wildman–Crippen MR) is 121 cm³/mol. The quantitative estimate of drug-likeness (QED) is 0.336. The number of nitrogens with zero attached hydrogens (tertiary/aromatic N) is 2. The number of aryl methyl sites for hydroxylation is 1. The van der Waals surface area contributed by atoms with Crippen LogP contribution in [0.1, 0.15) is 37.3 Å². The van der Waals surface area contributed by atoms with Crippen LogP contribution < -0.4 is 14.8 Å². The van der Waals surface area contributed by atoms with Gasteiger partial charge in [0.1, 0.15) is 0 Å². The van der Waals surface area contributed by atoms with Crippen LogP contribution >= 0.6 is 0 Å². The third-order valence-corrected chi connectivity index (χ3v) is 5.35. The average Bonchev–Trinajstić information content (AvgIpc) is 2.77. The van der Waals surface area contributed by atoms with Crippen molar-refractivity contribution in [2.45, 2.75) is 39.7 Å². The van der Waals surface area contributed by atoms with Gasteiger partial charge in [-0.25, -0.2) is 0 Å². The van der Waals surface area contributed by atoms with Gasteiger partial charge in [-0.05, 0) is 62.3 Å². The van der Waals surface area contributed by atoms with E-state index in [0.29, 0.717) is 5.92 Å². The highest BCUT2D eigenvalue weighted by Crippen LogP contribution is 2.30. The van der Waals surface area contributed by atoms with E-state index in [2.05, 4.69) is 31.1 Å². The molecule has 170 valence electrons. The lowest BCUT2D eigenvalue weighted by molar-refractivity contribution is 0.0205. The van der Waals surface area contributed by atoms with Crippen molar-refractivity contribution >= 4 is 5.96 Å². The first-order valence-corrected chi connectivity index (χ1v) is 10.9. The van der Waals surface area contributed by atoms with Crippen LogP contribution in [-0.4, -0.2) is 71.6 Å². The molecule has 30 heavy (non-hydrogen) atoms. The molecule has 0 atom stereocenters. The van der Waals surface area contributed by atoms with Crippen molar-refractivity contribution < 1.29 is 18.9 Å². The Kier molecular flexibility index (Phi) is 10.8. The second-order valence-electron chi connectivity index (χ2n) is 7.71. The molecule has 0 aliphatic carbocycles. The van der Waals surface area contributed by atoms with Crippen molar-refractivity contribution in [2.75, 3.05) is 60.8 Å². The summed E-state index contributed by atoms with van der Waals surface area (Å²) in [5, 5.41) is 3.38. The lowest BCUT2D eigenvalue weighted by Gasteiger charge is -2.24. The number of hydrogen-bond donors (Lipinski definition) is 1. The Balaban J connectivity index is 1.85. The van der Waals surface area contributed by atoms with Crippen LogP contribution in [0.4, 0.5) is 0 Å². The summed E-state index contributed by atoms with van der Waals surface area (Å²) < 4.78 is 22.1. The second kappa shape index (κ2) is 13.3. The molecule has 2 rings (SSSR count). The van der Waals surface area contributed by atoms with Crippen LogP contribution in [0, 0.1) is 12.8 Å². The molecule has 0 bridgehead atoms. The van der Waals surface area contributed by atoms with E-state index in [1.807, 2.05) is 12.1 Å². The van der Waals surface area contributed by atoms with Crippen LogP contribution in [0.3, 0.4) is 0 Å². The molecule has 1 aromatic rings. The first kappa shape index (κ1) is 24.3. The van der Waals surface area contributed by atoms with Crippen molar-refractivity contribution in [2.24, 2.45) is 10.9 Å². The highest BCUT2D eigenvalue weighted by molar-refractivity contribution is 5.79. The summed E-state index contributed by atoms with van der Waals surface area (Å²) in [6, 6.07) is 4.06. The first-order valence-electron chi connectivity index (χ1n) is 10.9. The van der Waals surface area contributed by atoms with Gasteiger partial charge in [0.2, 0.25) is 0 Å². The molecule has 0 saturated carbocycles. The van der Waals surface area contributed by atoms with Crippen molar-refractivity contribution in [3.8, 4) is 11.5 Å². The maximum atomic E-state index is 5.85. The van der Waals surface area contributed by atoms with Crippen molar-refractivity contribution in [1.82, 2.24) is 10.2 Å². The predicted octanol–water partition coefficient (Wildman–Crippen LogP) is 3.24. The Bertz CT molecular complexity index is 660. The summed E-state index contributed by atoms with van der Waals surface area (Å²) in [5.41, 5.74) is 2.34. The SMILES string of the molecule is CCNC(=NCCCOCC1CCOCC1)N(C)Cc1cc(OC)c(OC)cc1C. The first-order chi connectivity index (χ1) is 14.6. The van der Waals surface area contributed by atoms with Crippen LogP contribution in [-0.2, 0) is 16.0 Å². The molecule has 1 aliphatic rings. The standard InChI is InChI=1S/C23H39N3O4/c1-6-24-23(25-10-7-11-30-17-19-8-12-29-13-9-19)26(3)16-20-15-22(28-5)21(27-4)14-18(20)2/h14-15,19H,6-13,16-17H2,1-5H3,(H,24,25). The van der Waals surface area contributed by atoms with E-state index in [4.69, 9.17) is 23.9 Å². The number of hydrogen-bond acceptors (Lipinski definition) is 5. The van der Waals surface area contributed by atoms with Crippen molar-refractivity contribution in [1.29, 1.82) is 0 Å². The number of benzene rings is 1. The third-order valence-electron chi connectivity index (χ3n) is 5.35.